The van der Waals surface area contributed by atoms with E-state index >= 15 is 0 Å². The Kier molecular flexibility index (Phi) is 3.08. The summed E-state index contributed by atoms with van der Waals surface area (Å²) in [4.78, 5) is 0. The maximum atomic E-state index is 12.7. The number of aliphatic hydroxyl groups is 1. The zero-order valence-corrected chi connectivity index (χ0v) is 5.89. The van der Waals surface area contributed by atoms with Gasteiger partial charge in [-0.2, -0.15) is 0 Å². The van der Waals surface area contributed by atoms with Crippen molar-refractivity contribution in [2.24, 2.45) is 5.73 Å². The van der Waals surface area contributed by atoms with Gasteiger partial charge in [-0.1, -0.05) is 0 Å². The van der Waals surface area contributed by atoms with Crippen LogP contribution < -0.4 is 5.73 Å². The Hall–Kier alpha value is -0.150. The van der Waals surface area contributed by atoms with Crippen molar-refractivity contribution in [3.05, 3.63) is 0 Å². The summed E-state index contributed by atoms with van der Waals surface area (Å²) in [5.41, 5.74) is 3.58. The van der Waals surface area contributed by atoms with Crippen molar-refractivity contribution in [2.75, 3.05) is 6.54 Å². The molecule has 0 aromatic heterocycles. The van der Waals surface area contributed by atoms with Crippen molar-refractivity contribution >= 4 is 0 Å². The lowest BCUT2D eigenvalue weighted by Crippen LogP contribution is -2.33. The van der Waals surface area contributed by atoms with E-state index in [1.54, 1.807) is 0 Å². The minimum absolute atomic E-state index is 0.323. The van der Waals surface area contributed by atoms with Crippen molar-refractivity contribution in [3.8, 4) is 0 Å². The number of nitrogens with two attached hydrogens (primary N) is 1. The number of alkyl halides is 1. The molecule has 1 atom stereocenters. The van der Waals surface area contributed by atoms with Gasteiger partial charge >= 0.3 is 0 Å². The van der Waals surface area contributed by atoms with Gasteiger partial charge in [-0.3, -0.25) is 0 Å². The predicted octanol–water partition coefficient (Wildman–Crippen LogP) is 0.444. The second-order valence-electron chi connectivity index (χ2n) is 2.66. The van der Waals surface area contributed by atoms with Gasteiger partial charge in [0.1, 0.15) is 5.67 Å². The highest BCUT2D eigenvalue weighted by molar-refractivity contribution is 4.76. The molecule has 0 fully saturated rings. The summed E-state index contributed by atoms with van der Waals surface area (Å²) in [6.45, 7) is 3.01. The van der Waals surface area contributed by atoms with E-state index in [9.17, 15) is 4.39 Å². The van der Waals surface area contributed by atoms with Crippen LogP contribution in [0.1, 0.15) is 20.3 Å². The summed E-state index contributed by atoms with van der Waals surface area (Å²) in [5.74, 6) is 0. The largest absolute Gasteiger partial charge is 0.390 e. The third-order valence-corrected chi connectivity index (χ3v) is 1.23. The lowest BCUT2D eigenvalue weighted by Gasteiger charge is -2.20. The Bertz CT molecular complexity index is 79.6. The Morgan fingerprint density at radius 2 is 2.11 bits per heavy atom. The van der Waals surface area contributed by atoms with Crippen LogP contribution in [0.3, 0.4) is 0 Å². The third-order valence-electron chi connectivity index (χ3n) is 1.23. The molecule has 3 N–H and O–H groups in total. The van der Waals surface area contributed by atoms with E-state index in [4.69, 9.17) is 10.8 Å². The van der Waals surface area contributed by atoms with Crippen LogP contribution in [0.15, 0.2) is 0 Å². The quantitative estimate of drug-likeness (QED) is 0.590. The summed E-state index contributed by atoms with van der Waals surface area (Å²) >= 11 is 0. The molecule has 0 heterocycles. The van der Waals surface area contributed by atoms with E-state index in [-0.39, 0.29) is 0 Å². The summed E-state index contributed by atoms with van der Waals surface area (Å²) in [7, 11) is 0. The van der Waals surface area contributed by atoms with Gasteiger partial charge in [0.05, 0.1) is 6.10 Å². The fourth-order valence-electron chi connectivity index (χ4n) is 0.501. The average molecular weight is 135 g/mol. The highest BCUT2D eigenvalue weighted by atomic mass is 19.1. The van der Waals surface area contributed by atoms with Crippen LogP contribution in [0.5, 0.6) is 0 Å². The Morgan fingerprint density at radius 3 is 2.22 bits per heavy atom. The smallest absolute Gasteiger partial charge is 0.131 e. The van der Waals surface area contributed by atoms with E-state index in [1.807, 2.05) is 0 Å². The number of aliphatic hydroxyl groups excluding tert-OH is 1. The van der Waals surface area contributed by atoms with Gasteiger partial charge in [-0.05, 0) is 26.8 Å². The first kappa shape index (κ1) is 8.85. The van der Waals surface area contributed by atoms with E-state index < -0.39 is 11.8 Å². The summed E-state index contributed by atoms with van der Waals surface area (Å²) < 4.78 is 12.7. The number of halogens is 1. The first-order valence-electron chi connectivity index (χ1n) is 3.05. The fourth-order valence-corrected chi connectivity index (χ4v) is 0.501. The summed E-state index contributed by atoms with van der Waals surface area (Å²) in [6.07, 6.45) is -0.605. The molecule has 0 aromatic carbocycles. The van der Waals surface area contributed by atoms with Crippen LogP contribution in [0.25, 0.3) is 0 Å². The molecule has 0 aliphatic carbocycles. The van der Waals surface area contributed by atoms with Gasteiger partial charge in [0.15, 0.2) is 0 Å². The monoisotopic (exact) mass is 135 g/mol. The van der Waals surface area contributed by atoms with Gasteiger partial charge < -0.3 is 10.8 Å². The molecule has 0 aliphatic heterocycles. The highest BCUT2D eigenvalue weighted by Crippen LogP contribution is 2.15. The molecule has 0 rings (SSSR count). The molecule has 3 heteroatoms. The molecule has 56 valence electrons. The van der Waals surface area contributed by atoms with E-state index in [0.717, 1.165) is 0 Å². The normalized spacial score (nSPS) is 15.7. The molecule has 9 heavy (non-hydrogen) atoms. The molecule has 0 saturated carbocycles. The van der Waals surface area contributed by atoms with Crippen LogP contribution in [0.2, 0.25) is 0 Å². The van der Waals surface area contributed by atoms with Gasteiger partial charge in [0.25, 0.3) is 0 Å². The number of hydrogen-bond acceptors (Lipinski definition) is 2. The lowest BCUT2D eigenvalue weighted by atomic mass is 10.0. The molecule has 2 nitrogen and oxygen atoms in total. The molecule has 0 amide bonds. The zero-order chi connectivity index (χ0) is 7.49. The highest BCUT2D eigenvalue weighted by Gasteiger charge is 2.25. The second-order valence-corrected chi connectivity index (χ2v) is 2.66. The fraction of sp³-hybridized carbons (Fsp3) is 1.00. The zero-order valence-electron chi connectivity index (χ0n) is 5.89. The van der Waals surface area contributed by atoms with Gasteiger partial charge in [-0.25, -0.2) is 4.39 Å². The van der Waals surface area contributed by atoms with Gasteiger partial charge in [-0.15, -0.1) is 0 Å². The first-order valence-corrected chi connectivity index (χ1v) is 3.05. The molecule has 0 saturated heterocycles. The molecule has 0 aliphatic rings. The van der Waals surface area contributed by atoms with E-state index in [1.165, 1.54) is 13.8 Å². The molecular formula is C6H14FNO. The maximum Gasteiger partial charge on any atom is 0.131 e. The SMILES string of the molecule is CC(C)(F)[C@@H](O)CCN. The van der Waals surface area contributed by atoms with Crippen LogP contribution in [0, 0.1) is 0 Å². The molecular weight excluding hydrogens is 121 g/mol. The van der Waals surface area contributed by atoms with Crippen LogP contribution >= 0.6 is 0 Å². The molecule has 0 bridgehead atoms. The molecule has 0 spiro atoms. The minimum Gasteiger partial charge on any atom is -0.390 e. The van der Waals surface area contributed by atoms with Crippen LogP contribution in [0.4, 0.5) is 4.39 Å². The first-order chi connectivity index (χ1) is 3.98. The standard InChI is InChI=1S/C6H14FNO/c1-6(2,7)5(9)3-4-8/h5,9H,3-4,8H2,1-2H3/t5-/m0/s1. The predicted molar refractivity (Wildman–Crippen MR) is 34.9 cm³/mol. The third kappa shape index (κ3) is 3.43. The van der Waals surface area contributed by atoms with Crippen molar-refractivity contribution in [1.82, 2.24) is 0 Å². The Morgan fingerprint density at radius 1 is 1.67 bits per heavy atom. The van der Waals surface area contributed by atoms with E-state index in [0.29, 0.717) is 13.0 Å². The van der Waals surface area contributed by atoms with Crippen LogP contribution in [-0.4, -0.2) is 23.4 Å². The Balaban J connectivity index is 3.59. The molecule has 0 aromatic rings. The summed E-state index contributed by atoms with van der Waals surface area (Å²) in [6, 6.07) is 0. The molecule has 0 radical (unpaired) electrons. The molecule has 0 unspecified atom stereocenters. The summed E-state index contributed by atoms with van der Waals surface area (Å²) in [5, 5.41) is 8.93. The van der Waals surface area contributed by atoms with Crippen LogP contribution in [-0.2, 0) is 0 Å². The average Bonchev–Trinajstić information content (AvgIpc) is 1.64. The number of hydrogen-bond donors (Lipinski definition) is 2. The van der Waals surface area contributed by atoms with Crippen molar-refractivity contribution in [2.45, 2.75) is 32.0 Å². The van der Waals surface area contributed by atoms with Crippen molar-refractivity contribution < 1.29 is 9.50 Å². The number of rotatable bonds is 3. The Labute approximate surface area is 54.9 Å². The second kappa shape index (κ2) is 3.13. The van der Waals surface area contributed by atoms with Crippen molar-refractivity contribution in [1.29, 1.82) is 0 Å². The lowest BCUT2D eigenvalue weighted by molar-refractivity contribution is 0.0137. The minimum atomic E-state index is -1.51. The van der Waals surface area contributed by atoms with Gasteiger partial charge in [0.2, 0.25) is 0 Å². The topological polar surface area (TPSA) is 46.2 Å². The van der Waals surface area contributed by atoms with Crippen molar-refractivity contribution in [3.63, 3.8) is 0 Å². The van der Waals surface area contributed by atoms with Gasteiger partial charge in [0, 0.05) is 0 Å². The van der Waals surface area contributed by atoms with E-state index in [2.05, 4.69) is 0 Å². The maximum absolute atomic E-state index is 12.7.